The molecule has 1 aromatic rings. The Morgan fingerprint density at radius 3 is 2.57 bits per heavy atom. The molecule has 1 unspecified atom stereocenters. The third-order valence-electron chi connectivity index (χ3n) is 4.04. The molecule has 1 heterocycles. The van der Waals surface area contributed by atoms with Gasteiger partial charge in [0.2, 0.25) is 0 Å². The average molecular weight is 315 g/mol. The Labute approximate surface area is 137 Å². The zero-order valence-electron chi connectivity index (χ0n) is 13.7. The van der Waals surface area contributed by atoms with E-state index in [4.69, 9.17) is 0 Å². The minimum absolute atomic E-state index is 0.0281. The SMILES string of the molecule is C/C=C/C/C=C\C/C(=C\C)C1CCC(c2c(F)cccc2F)=N1. The van der Waals surface area contributed by atoms with Crippen molar-refractivity contribution < 1.29 is 8.78 Å². The molecule has 1 aliphatic heterocycles. The predicted molar refractivity (Wildman–Crippen MR) is 92.9 cm³/mol. The summed E-state index contributed by atoms with van der Waals surface area (Å²) in [6.45, 7) is 3.99. The summed E-state index contributed by atoms with van der Waals surface area (Å²) < 4.78 is 27.8. The predicted octanol–water partition coefficient (Wildman–Crippen LogP) is 5.78. The Morgan fingerprint density at radius 1 is 1.17 bits per heavy atom. The van der Waals surface area contributed by atoms with E-state index in [1.54, 1.807) is 0 Å². The van der Waals surface area contributed by atoms with Gasteiger partial charge in [0.1, 0.15) is 11.6 Å². The molecule has 0 bridgehead atoms. The highest BCUT2D eigenvalue weighted by molar-refractivity contribution is 6.02. The third kappa shape index (κ3) is 4.47. The molecule has 1 aromatic carbocycles. The zero-order chi connectivity index (χ0) is 16.7. The summed E-state index contributed by atoms with van der Waals surface area (Å²) in [5, 5.41) is 0. The van der Waals surface area contributed by atoms with E-state index >= 15 is 0 Å². The van der Waals surface area contributed by atoms with E-state index in [0.717, 1.165) is 19.3 Å². The fourth-order valence-electron chi connectivity index (χ4n) is 2.80. The molecule has 1 nitrogen and oxygen atoms in total. The van der Waals surface area contributed by atoms with Gasteiger partial charge in [-0.3, -0.25) is 4.99 Å². The van der Waals surface area contributed by atoms with Crippen molar-refractivity contribution in [3.8, 4) is 0 Å². The number of benzene rings is 1. The van der Waals surface area contributed by atoms with Crippen LogP contribution in [0.5, 0.6) is 0 Å². The van der Waals surface area contributed by atoms with Crippen molar-refractivity contribution in [3.05, 3.63) is 71.4 Å². The van der Waals surface area contributed by atoms with Gasteiger partial charge in [-0.2, -0.15) is 0 Å². The number of allylic oxidation sites excluding steroid dienone is 5. The van der Waals surface area contributed by atoms with Crippen molar-refractivity contribution in [1.82, 2.24) is 0 Å². The third-order valence-corrected chi connectivity index (χ3v) is 4.04. The number of nitrogens with zero attached hydrogens (tertiary/aromatic N) is 1. The van der Waals surface area contributed by atoms with E-state index in [2.05, 4.69) is 29.3 Å². The monoisotopic (exact) mass is 315 g/mol. The lowest BCUT2D eigenvalue weighted by Gasteiger charge is -2.09. The van der Waals surface area contributed by atoms with Gasteiger partial charge in [0.05, 0.1) is 11.6 Å². The second-order valence-corrected chi connectivity index (χ2v) is 5.57. The van der Waals surface area contributed by atoms with Gasteiger partial charge in [-0.1, -0.05) is 36.4 Å². The van der Waals surface area contributed by atoms with Crippen LogP contribution >= 0.6 is 0 Å². The lowest BCUT2D eigenvalue weighted by atomic mass is 10.00. The fraction of sp³-hybridized carbons (Fsp3) is 0.350. The number of hydrogen-bond acceptors (Lipinski definition) is 1. The van der Waals surface area contributed by atoms with E-state index in [0.29, 0.717) is 12.1 Å². The first kappa shape index (κ1) is 17.3. The van der Waals surface area contributed by atoms with Crippen LogP contribution < -0.4 is 0 Å². The smallest absolute Gasteiger partial charge is 0.135 e. The molecule has 0 spiro atoms. The Morgan fingerprint density at radius 2 is 1.91 bits per heavy atom. The van der Waals surface area contributed by atoms with Crippen molar-refractivity contribution in [2.45, 2.75) is 45.6 Å². The molecule has 0 aromatic heterocycles. The van der Waals surface area contributed by atoms with Crippen LogP contribution in [0.1, 0.15) is 45.1 Å². The van der Waals surface area contributed by atoms with E-state index in [1.807, 2.05) is 19.9 Å². The van der Waals surface area contributed by atoms with Gasteiger partial charge in [-0.15, -0.1) is 0 Å². The summed E-state index contributed by atoms with van der Waals surface area (Å²) >= 11 is 0. The molecule has 2 rings (SSSR count). The molecule has 0 fully saturated rings. The van der Waals surface area contributed by atoms with Crippen molar-refractivity contribution in [3.63, 3.8) is 0 Å². The summed E-state index contributed by atoms with van der Waals surface area (Å²) in [6.07, 6.45) is 13.6. The topological polar surface area (TPSA) is 12.4 Å². The van der Waals surface area contributed by atoms with Crippen LogP contribution in [0.25, 0.3) is 0 Å². The molecule has 1 atom stereocenters. The molecular weight excluding hydrogens is 292 g/mol. The summed E-state index contributed by atoms with van der Waals surface area (Å²) in [6, 6.07) is 3.98. The van der Waals surface area contributed by atoms with E-state index < -0.39 is 11.6 Å². The van der Waals surface area contributed by atoms with Gasteiger partial charge in [-0.05, 0) is 57.2 Å². The van der Waals surface area contributed by atoms with E-state index in [1.165, 1.54) is 23.8 Å². The van der Waals surface area contributed by atoms with Gasteiger partial charge < -0.3 is 0 Å². The largest absolute Gasteiger partial charge is 0.281 e. The number of rotatable bonds is 6. The van der Waals surface area contributed by atoms with E-state index in [9.17, 15) is 8.78 Å². The van der Waals surface area contributed by atoms with E-state index in [-0.39, 0.29) is 11.6 Å². The number of hydrogen-bond donors (Lipinski definition) is 0. The van der Waals surface area contributed by atoms with Gasteiger partial charge in [0.15, 0.2) is 0 Å². The van der Waals surface area contributed by atoms with Gasteiger partial charge in [0.25, 0.3) is 0 Å². The van der Waals surface area contributed by atoms with Crippen LogP contribution in [0.15, 0.2) is 59.1 Å². The highest BCUT2D eigenvalue weighted by Crippen LogP contribution is 2.27. The van der Waals surface area contributed by atoms with Crippen molar-refractivity contribution in [2.75, 3.05) is 0 Å². The molecule has 0 aliphatic carbocycles. The first-order valence-electron chi connectivity index (χ1n) is 8.09. The van der Waals surface area contributed by atoms with Gasteiger partial charge >= 0.3 is 0 Å². The minimum atomic E-state index is -0.530. The average Bonchev–Trinajstić information content (AvgIpc) is 3.00. The highest BCUT2D eigenvalue weighted by atomic mass is 19.1. The zero-order valence-corrected chi connectivity index (χ0v) is 13.7. The highest BCUT2D eigenvalue weighted by Gasteiger charge is 2.24. The minimum Gasteiger partial charge on any atom is -0.281 e. The molecule has 23 heavy (non-hydrogen) atoms. The maximum atomic E-state index is 13.9. The molecule has 0 saturated carbocycles. The quantitative estimate of drug-likeness (QED) is 0.590. The standard InChI is InChI=1S/C20H23F2N/c1-3-5-6-7-8-10-15(4-2)18-13-14-19(23-18)20-16(21)11-9-12-17(20)22/h3-5,7-9,11-12,18H,6,10,13-14H2,1-2H3/b5-3+,8-7-,15-4+. The van der Waals surface area contributed by atoms with Crippen LogP contribution in [0.4, 0.5) is 8.78 Å². The lowest BCUT2D eigenvalue weighted by Crippen LogP contribution is -2.05. The summed E-state index contributed by atoms with van der Waals surface area (Å²) in [7, 11) is 0. The Hall–Kier alpha value is -2.03. The molecule has 0 N–H and O–H groups in total. The Balaban J connectivity index is 2.10. The molecule has 0 saturated heterocycles. The fourth-order valence-corrected chi connectivity index (χ4v) is 2.80. The van der Waals surface area contributed by atoms with Crippen LogP contribution in [0.3, 0.4) is 0 Å². The maximum absolute atomic E-state index is 13.9. The summed E-state index contributed by atoms with van der Waals surface area (Å²) in [4.78, 5) is 4.59. The molecule has 1 aliphatic rings. The normalized spacial score (nSPS) is 19.0. The Bertz CT molecular complexity index is 633. The molecule has 3 heteroatoms. The first-order chi connectivity index (χ1) is 11.2. The van der Waals surface area contributed by atoms with Crippen LogP contribution in [0.2, 0.25) is 0 Å². The van der Waals surface area contributed by atoms with Crippen molar-refractivity contribution >= 4 is 5.71 Å². The number of aliphatic imine (C=N–C) groups is 1. The molecule has 0 amide bonds. The van der Waals surface area contributed by atoms with Crippen LogP contribution in [-0.4, -0.2) is 11.8 Å². The van der Waals surface area contributed by atoms with Gasteiger partial charge in [-0.25, -0.2) is 8.78 Å². The second kappa shape index (κ2) is 8.56. The molecule has 122 valence electrons. The van der Waals surface area contributed by atoms with Gasteiger partial charge in [0, 0.05) is 5.71 Å². The molecule has 0 radical (unpaired) electrons. The number of halogens is 2. The summed E-state index contributed by atoms with van der Waals surface area (Å²) in [5.41, 5.74) is 1.78. The first-order valence-corrected chi connectivity index (χ1v) is 8.09. The molecular formula is C20H23F2N. The van der Waals surface area contributed by atoms with Crippen molar-refractivity contribution in [1.29, 1.82) is 0 Å². The maximum Gasteiger partial charge on any atom is 0.135 e. The van der Waals surface area contributed by atoms with Crippen molar-refractivity contribution in [2.24, 2.45) is 4.99 Å². The lowest BCUT2D eigenvalue weighted by molar-refractivity contribution is 0.578. The second-order valence-electron chi connectivity index (χ2n) is 5.57. The summed E-state index contributed by atoms with van der Waals surface area (Å²) in [5.74, 6) is -1.06. The van der Waals surface area contributed by atoms with Crippen LogP contribution in [0, 0.1) is 11.6 Å². The van der Waals surface area contributed by atoms with Crippen LogP contribution in [-0.2, 0) is 0 Å². The Kier molecular flexibility index (Phi) is 6.45.